The number of phenolic OH excluding ortho intramolecular Hbond substituents is 4. The van der Waals surface area contributed by atoms with Crippen molar-refractivity contribution < 1.29 is 98.5 Å². The Morgan fingerprint density at radius 2 is 1.41 bits per heavy atom. The van der Waals surface area contributed by atoms with E-state index in [-0.39, 0.29) is 24.3 Å². The number of esters is 2. The van der Waals surface area contributed by atoms with Gasteiger partial charge in [-0.1, -0.05) is 12.1 Å². The molecule has 3 saturated heterocycles. The first-order valence-electron chi connectivity index (χ1n) is 17.5. The summed E-state index contributed by atoms with van der Waals surface area (Å²) < 4.78 is 46.7. The lowest BCUT2D eigenvalue weighted by Gasteiger charge is -2.49. The first kappa shape index (κ1) is 43.0. The number of rotatable bonds is 13. The van der Waals surface area contributed by atoms with Crippen LogP contribution in [-0.4, -0.2) is 169 Å². The minimum absolute atomic E-state index is 0.0933. The number of carbonyl (C=O) groups is 2. The van der Waals surface area contributed by atoms with E-state index in [1.54, 1.807) is 0 Å². The maximum absolute atomic E-state index is 13.4. The second-order valence-corrected chi connectivity index (χ2v) is 13.4. The molecule has 5 rings (SSSR count). The van der Waals surface area contributed by atoms with Crippen LogP contribution in [0.15, 0.2) is 42.5 Å². The molecular formula is C36H46O20. The van der Waals surface area contributed by atoms with Gasteiger partial charge in [0.1, 0.15) is 61.5 Å². The SMILES string of the molecule is CC(=O)OCC1OC(OCCc2ccc(O)c(O)c2)C(OC2OCC(O)C(O)C2O)C(OC2OC(C)C(O)C(O)C2O)C1OC(=O)C=Cc1ccc(O)c(O)c1. The number of benzene rings is 2. The Morgan fingerprint density at radius 1 is 0.750 bits per heavy atom. The molecule has 20 heteroatoms. The fourth-order valence-corrected chi connectivity index (χ4v) is 6.12. The Labute approximate surface area is 319 Å². The summed E-state index contributed by atoms with van der Waals surface area (Å²) in [5.74, 6) is -3.48. The molecule has 14 unspecified atom stereocenters. The minimum atomic E-state index is -1.91. The Bertz CT molecular complexity index is 1670. The molecule has 0 aliphatic carbocycles. The highest BCUT2D eigenvalue weighted by molar-refractivity contribution is 5.87. The summed E-state index contributed by atoms with van der Waals surface area (Å²) in [5.41, 5.74) is 0.768. The molecular weight excluding hydrogens is 752 g/mol. The monoisotopic (exact) mass is 798 g/mol. The van der Waals surface area contributed by atoms with E-state index in [0.29, 0.717) is 5.56 Å². The lowest BCUT2D eigenvalue weighted by molar-refractivity contribution is -0.385. The lowest BCUT2D eigenvalue weighted by Crippen LogP contribution is -2.67. The Morgan fingerprint density at radius 3 is 2.09 bits per heavy atom. The zero-order valence-electron chi connectivity index (χ0n) is 30.1. The van der Waals surface area contributed by atoms with Crippen LogP contribution < -0.4 is 0 Å². The Hall–Kier alpha value is -4.16. The number of aliphatic hydroxyl groups excluding tert-OH is 6. The van der Waals surface area contributed by atoms with Crippen molar-refractivity contribution in [1.29, 1.82) is 0 Å². The van der Waals surface area contributed by atoms with E-state index in [0.717, 1.165) is 19.1 Å². The average Bonchev–Trinajstić information content (AvgIpc) is 3.16. The molecule has 10 N–H and O–H groups in total. The quantitative estimate of drug-likeness (QED) is 0.0596. The molecule has 3 fully saturated rings. The van der Waals surface area contributed by atoms with Crippen LogP contribution in [0.5, 0.6) is 23.0 Å². The Balaban J connectivity index is 1.52. The van der Waals surface area contributed by atoms with Gasteiger partial charge in [-0.15, -0.1) is 0 Å². The number of aromatic hydroxyl groups is 4. The van der Waals surface area contributed by atoms with Gasteiger partial charge in [-0.3, -0.25) is 4.79 Å². The maximum atomic E-state index is 13.4. The molecule has 2 aromatic rings. The number of carbonyl (C=O) groups excluding carboxylic acids is 2. The van der Waals surface area contributed by atoms with Crippen molar-refractivity contribution >= 4 is 18.0 Å². The van der Waals surface area contributed by atoms with E-state index >= 15 is 0 Å². The number of phenols is 4. The maximum Gasteiger partial charge on any atom is 0.331 e. The largest absolute Gasteiger partial charge is 0.504 e. The van der Waals surface area contributed by atoms with Crippen molar-refractivity contribution in [2.45, 2.75) is 106 Å². The summed E-state index contributed by atoms with van der Waals surface area (Å²) in [6.45, 7) is 1.18. The zero-order chi connectivity index (χ0) is 40.8. The second kappa shape index (κ2) is 18.9. The smallest absolute Gasteiger partial charge is 0.331 e. The van der Waals surface area contributed by atoms with Gasteiger partial charge in [0.15, 0.2) is 48.0 Å². The molecule has 3 aliphatic heterocycles. The van der Waals surface area contributed by atoms with Gasteiger partial charge in [-0.25, -0.2) is 4.79 Å². The molecule has 0 saturated carbocycles. The second-order valence-electron chi connectivity index (χ2n) is 13.4. The molecule has 2 aromatic carbocycles. The standard InChI is InChI=1S/C36H46O20/c1-15-26(44)28(46)30(48)35(52-15)55-32-31(54-25(43)8-5-17-3-6-19(38)21(40)11-17)24(14-50-16(2)37)53-36(49-10-9-18-4-7-20(39)22(41)12-18)33(32)56-34-29(47)27(45)23(42)13-51-34/h3-8,11-12,15,23-24,26-36,38-42,44-48H,9-10,13-14H2,1-2H3. The van der Waals surface area contributed by atoms with Crippen LogP contribution >= 0.6 is 0 Å². The number of aliphatic hydroxyl groups is 6. The third kappa shape index (κ3) is 10.4. The van der Waals surface area contributed by atoms with Crippen LogP contribution in [-0.2, 0) is 53.9 Å². The molecule has 56 heavy (non-hydrogen) atoms. The van der Waals surface area contributed by atoms with Gasteiger partial charge in [0, 0.05) is 13.0 Å². The van der Waals surface area contributed by atoms with Gasteiger partial charge in [-0.2, -0.15) is 0 Å². The zero-order valence-corrected chi connectivity index (χ0v) is 30.1. The predicted molar refractivity (Wildman–Crippen MR) is 183 cm³/mol. The third-order valence-corrected chi connectivity index (χ3v) is 9.26. The topological polar surface area (TPSA) is 310 Å². The van der Waals surface area contributed by atoms with E-state index in [9.17, 15) is 60.7 Å². The predicted octanol–water partition coefficient (Wildman–Crippen LogP) is -1.98. The van der Waals surface area contributed by atoms with Gasteiger partial charge in [0.25, 0.3) is 0 Å². The van der Waals surface area contributed by atoms with Gasteiger partial charge in [0.05, 0.1) is 19.3 Å². The van der Waals surface area contributed by atoms with Gasteiger partial charge >= 0.3 is 11.9 Å². The van der Waals surface area contributed by atoms with Crippen LogP contribution in [0.3, 0.4) is 0 Å². The highest BCUT2D eigenvalue weighted by Gasteiger charge is 2.55. The summed E-state index contributed by atoms with van der Waals surface area (Å²) >= 11 is 0. The van der Waals surface area contributed by atoms with Gasteiger partial charge in [-0.05, 0) is 54.8 Å². The van der Waals surface area contributed by atoms with Crippen LogP contribution in [0.1, 0.15) is 25.0 Å². The molecule has 310 valence electrons. The molecule has 20 nitrogen and oxygen atoms in total. The molecule has 3 aliphatic rings. The van der Waals surface area contributed by atoms with Crippen molar-refractivity contribution in [1.82, 2.24) is 0 Å². The number of hydrogen-bond donors (Lipinski definition) is 10. The molecule has 14 atom stereocenters. The highest BCUT2D eigenvalue weighted by Crippen LogP contribution is 2.35. The first-order valence-corrected chi connectivity index (χ1v) is 17.5. The third-order valence-electron chi connectivity index (χ3n) is 9.26. The molecule has 0 bridgehead atoms. The molecule has 0 radical (unpaired) electrons. The van der Waals surface area contributed by atoms with Crippen LogP contribution in [0.2, 0.25) is 0 Å². The number of hydrogen-bond acceptors (Lipinski definition) is 20. The van der Waals surface area contributed by atoms with Crippen molar-refractivity contribution in [3.63, 3.8) is 0 Å². The summed E-state index contributed by atoms with van der Waals surface area (Å²) in [7, 11) is 0. The normalized spacial score (nSPS) is 34.9. The van der Waals surface area contributed by atoms with E-state index in [2.05, 4.69) is 0 Å². The van der Waals surface area contributed by atoms with E-state index < -0.39 is 128 Å². The van der Waals surface area contributed by atoms with E-state index in [1.165, 1.54) is 43.3 Å². The summed E-state index contributed by atoms with van der Waals surface area (Å²) in [4.78, 5) is 25.4. The fraction of sp³-hybridized carbons (Fsp3) is 0.556. The van der Waals surface area contributed by atoms with Crippen molar-refractivity contribution in [3.8, 4) is 23.0 Å². The van der Waals surface area contributed by atoms with Gasteiger partial charge < -0.3 is 89.0 Å². The fourth-order valence-electron chi connectivity index (χ4n) is 6.12. The average molecular weight is 799 g/mol. The highest BCUT2D eigenvalue weighted by atomic mass is 16.8. The molecule has 3 heterocycles. The lowest BCUT2D eigenvalue weighted by atomic mass is 9.96. The molecule has 0 aromatic heterocycles. The molecule has 0 spiro atoms. The van der Waals surface area contributed by atoms with Crippen LogP contribution in [0.25, 0.3) is 6.08 Å². The molecule has 0 amide bonds. The van der Waals surface area contributed by atoms with Crippen molar-refractivity contribution in [2.24, 2.45) is 0 Å². The van der Waals surface area contributed by atoms with E-state index in [4.69, 9.17) is 37.9 Å². The van der Waals surface area contributed by atoms with Crippen LogP contribution in [0, 0.1) is 0 Å². The summed E-state index contributed by atoms with van der Waals surface area (Å²) in [6, 6.07) is 7.77. The van der Waals surface area contributed by atoms with Crippen molar-refractivity contribution in [3.05, 3.63) is 53.6 Å². The first-order chi connectivity index (χ1) is 26.5. The van der Waals surface area contributed by atoms with Crippen molar-refractivity contribution in [2.75, 3.05) is 19.8 Å². The number of ether oxygens (including phenoxy) is 8. The van der Waals surface area contributed by atoms with E-state index in [1.807, 2.05) is 0 Å². The minimum Gasteiger partial charge on any atom is -0.504 e. The summed E-state index contributed by atoms with van der Waals surface area (Å²) in [5, 5.41) is 102. The summed E-state index contributed by atoms with van der Waals surface area (Å²) in [6.07, 6.45) is -20.8. The van der Waals surface area contributed by atoms with Gasteiger partial charge in [0.2, 0.25) is 0 Å². The Kier molecular flexibility index (Phi) is 14.5. The van der Waals surface area contributed by atoms with Crippen LogP contribution in [0.4, 0.5) is 0 Å².